The molecule has 4 aromatic rings. The Bertz CT molecular complexity index is 1500. The van der Waals surface area contributed by atoms with Gasteiger partial charge in [-0.2, -0.15) is 13.2 Å². The standard InChI is InChI=1S/C26H23F3N4O4/c1-33(23-14-6-4-3-5-13(14)11-17(23)34)25(35)22-19(12-30)37-24(32-22)16-7-9-18(36-2)21-15(16)8-10-20(31-21)26(27,28)29/h3-10,17,23,34H,11-12,30H2,1-2H3/t17-,23-/m0/s1. The number of halogens is 3. The average molecular weight is 512 g/mol. The number of rotatable bonds is 5. The number of fused-ring (bicyclic) bond motifs is 2. The topological polar surface area (TPSA) is 115 Å². The van der Waals surface area contributed by atoms with Crippen LogP contribution in [0.25, 0.3) is 22.4 Å². The highest BCUT2D eigenvalue weighted by Crippen LogP contribution is 2.39. The van der Waals surface area contributed by atoms with Crippen molar-refractivity contribution in [3.05, 3.63) is 76.8 Å². The number of hydrogen-bond acceptors (Lipinski definition) is 7. The molecule has 0 radical (unpaired) electrons. The van der Waals surface area contributed by atoms with Gasteiger partial charge < -0.3 is 24.9 Å². The van der Waals surface area contributed by atoms with Gasteiger partial charge in [0.15, 0.2) is 11.5 Å². The van der Waals surface area contributed by atoms with Crippen molar-refractivity contribution < 1.29 is 32.2 Å². The van der Waals surface area contributed by atoms with Crippen molar-refractivity contribution in [1.82, 2.24) is 14.9 Å². The van der Waals surface area contributed by atoms with Crippen LogP contribution in [0.3, 0.4) is 0 Å². The largest absolute Gasteiger partial charge is 0.494 e. The minimum absolute atomic E-state index is 0.00113. The third-order valence-corrected chi connectivity index (χ3v) is 6.55. The van der Waals surface area contributed by atoms with Crippen molar-refractivity contribution in [3.8, 4) is 17.2 Å². The van der Waals surface area contributed by atoms with E-state index in [0.29, 0.717) is 17.4 Å². The van der Waals surface area contributed by atoms with Gasteiger partial charge in [0.2, 0.25) is 5.89 Å². The van der Waals surface area contributed by atoms with Crippen LogP contribution in [-0.4, -0.2) is 46.1 Å². The fourth-order valence-corrected chi connectivity index (χ4v) is 4.79. The molecule has 11 heteroatoms. The zero-order valence-corrected chi connectivity index (χ0v) is 19.9. The first-order valence-electron chi connectivity index (χ1n) is 11.4. The van der Waals surface area contributed by atoms with Gasteiger partial charge in [0, 0.05) is 24.4 Å². The van der Waals surface area contributed by atoms with Gasteiger partial charge in [-0.1, -0.05) is 24.3 Å². The highest BCUT2D eigenvalue weighted by atomic mass is 19.4. The van der Waals surface area contributed by atoms with Crippen molar-refractivity contribution in [3.63, 3.8) is 0 Å². The summed E-state index contributed by atoms with van der Waals surface area (Å²) < 4.78 is 50.9. The van der Waals surface area contributed by atoms with E-state index in [0.717, 1.165) is 17.2 Å². The predicted molar refractivity (Wildman–Crippen MR) is 128 cm³/mol. The van der Waals surface area contributed by atoms with Gasteiger partial charge in [0.1, 0.15) is 17.0 Å². The lowest BCUT2D eigenvalue weighted by Gasteiger charge is -2.27. The number of methoxy groups -OCH3 is 1. The number of carbonyl (C=O) groups excluding carboxylic acids is 1. The van der Waals surface area contributed by atoms with E-state index >= 15 is 0 Å². The zero-order valence-electron chi connectivity index (χ0n) is 19.9. The summed E-state index contributed by atoms with van der Waals surface area (Å²) in [5, 5.41) is 11.0. The maximum absolute atomic E-state index is 13.5. The summed E-state index contributed by atoms with van der Waals surface area (Å²) in [6.07, 6.45) is -5.02. The Morgan fingerprint density at radius 1 is 1.19 bits per heavy atom. The minimum atomic E-state index is -4.64. The van der Waals surface area contributed by atoms with Crippen molar-refractivity contribution in [2.75, 3.05) is 14.2 Å². The number of benzene rings is 2. The van der Waals surface area contributed by atoms with Crippen LogP contribution in [0, 0.1) is 0 Å². The highest BCUT2D eigenvalue weighted by molar-refractivity contribution is 5.98. The van der Waals surface area contributed by atoms with Crippen LogP contribution in [-0.2, 0) is 19.1 Å². The molecule has 0 unspecified atom stereocenters. The summed E-state index contributed by atoms with van der Waals surface area (Å²) >= 11 is 0. The summed E-state index contributed by atoms with van der Waals surface area (Å²) in [7, 11) is 2.90. The Kier molecular flexibility index (Phi) is 6.12. The lowest BCUT2D eigenvalue weighted by atomic mass is 10.1. The van der Waals surface area contributed by atoms with E-state index in [-0.39, 0.29) is 35.2 Å². The second-order valence-electron chi connectivity index (χ2n) is 8.73. The van der Waals surface area contributed by atoms with Gasteiger partial charge >= 0.3 is 6.18 Å². The van der Waals surface area contributed by atoms with Crippen molar-refractivity contribution in [2.24, 2.45) is 5.73 Å². The number of aliphatic hydroxyl groups excluding tert-OH is 1. The lowest BCUT2D eigenvalue weighted by molar-refractivity contribution is -0.140. The van der Waals surface area contributed by atoms with Crippen LogP contribution in [0.15, 0.2) is 52.9 Å². The number of aliphatic hydroxyl groups is 1. The van der Waals surface area contributed by atoms with Gasteiger partial charge in [0.25, 0.3) is 5.91 Å². The monoisotopic (exact) mass is 512 g/mol. The molecule has 1 amide bonds. The van der Waals surface area contributed by atoms with Crippen molar-refractivity contribution >= 4 is 16.8 Å². The van der Waals surface area contributed by atoms with Gasteiger partial charge in [-0.3, -0.25) is 4.79 Å². The average Bonchev–Trinajstić information content (AvgIpc) is 3.46. The fraction of sp³-hybridized carbons (Fsp3) is 0.269. The quantitative estimate of drug-likeness (QED) is 0.414. The minimum Gasteiger partial charge on any atom is -0.494 e. The molecule has 3 N–H and O–H groups in total. The molecule has 0 saturated heterocycles. The highest BCUT2D eigenvalue weighted by Gasteiger charge is 2.38. The zero-order chi connectivity index (χ0) is 26.5. The number of oxazole rings is 1. The molecule has 0 saturated carbocycles. The molecule has 37 heavy (non-hydrogen) atoms. The molecule has 2 aromatic carbocycles. The van der Waals surface area contributed by atoms with E-state index < -0.39 is 29.9 Å². The first kappa shape index (κ1) is 24.7. The van der Waals surface area contributed by atoms with Gasteiger partial charge in [0.05, 0.1) is 25.8 Å². The smallest absolute Gasteiger partial charge is 0.433 e. The Hall–Kier alpha value is -3.96. The number of hydrogen-bond donors (Lipinski definition) is 2. The fourth-order valence-electron chi connectivity index (χ4n) is 4.79. The number of amides is 1. The first-order chi connectivity index (χ1) is 17.6. The molecule has 192 valence electrons. The van der Waals surface area contributed by atoms with E-state index in [1.165, 1.54) is 24.1 Å². The molecule has 8 nitrogen and oxygen atoms in total. The molecule has 2 atom stereocenters. The van der Waals surface area contributed by atoms with Gasteiger partial charge in [-0.25, -0.2) is 9.97 Å². The summed E-state index contributed by atoms with van der Waals surface area (Å²) in [5.41, 5.74) is 6.83. The molecular weight excluding hydrogens is 489 g/mol. The maximum Gasteiger partial charge on any atom is 0.433 e. The second-order valence-corrected chi connectivity index (χ2v) is 8.73. The van der Waals surface area contributed by atoms with Crippen LogP contribution in [0.5, 0.6) is 5.75 Å². The Labute approximate surface area is 209 Å². The summed E-state index contributed by atoms with van der Waals surface area (Å²) in [4.78, 5) is 23.1. The molecule has 2 aromatic heterocycles. The molecule has 0 aliphatic heterocycles. The summed E-state index contributed by atoms with van der Waals surface area (Å²) in [5.74, 6) is -0.262. The molecule has 1 aliphatic carbocycles. The lowest BCUT2D eigenvalue weighted by Crippen LogP contribution is -2.36. The second kappa shape index (κ2) is 9.16. The Morgan fingerprint density at radius 2 is 1.95 bits per heavy atom. The maximum atomic E-state index is 13.5. The van der Waals surface area contributed by atoms with Crippen LogP contribution >= 0.6 is 0 Å². The van der Waals surface area contributed by atoms with E-state index in [4.69, 9.17) is 14.9 Å². The number of nitrogens with two attached hydrogens (primary N) is 1. The Morgan fingerprint density at radius 3 is 2.65 bits per heavy atom. The Balaban J connectivity index is 1.56. The number of carbonyl (C=O) groups is 1. The van der Waals surface area contributed by atoms with Crippen molar-refractivity contribution in [1.29, 1.82) is 0 Å². The van der Waals surface area contributed by atoms with Crippen LogP contribution < -0.4 is 10.5 Å². The van der Waals surface area contributed by atoms with Crippen LogP contribution in [0.1, 0.15) is 39.1 Å². The third-order valence-electron chi connectivity index (χ3n) is 6.55. The number of pyridine rings is 1. The van der Waals surface area contributed by atoms with E-state index in [1.807, 2.05) is 24.3 Å². The number of nitrogens with zero attached hydrogens (tertiary/aromatic N) is 3. The molecule has 2 heterocycles. The van der Waals surface area contributed by atoms with Crippen LogP contribution in [0.2, 0.25) is 0 Å². The normalized spacial score (nSPS) is 17.2. The van der Waals surface area contributed by atoms with Crippen LogP contribution in [0.4, 0.5) is 13.2 Å². The summed E-state index contributed by atoms with van der Waals surface area (Å²) in [6, 6.07) is 12.0. The molecule has 0 spiro atoms. The third kappa shape index (κ3) is 4.19. The number of likely N-dealkylation sites (N-methyl/N-ethyl adjacent to an activating group) is 1. The predicted octanol–water partition coefficient (Wildman–Crippen LogP) is 4.11. The number of ether oxygens (including phenoxy) is 1. The van der Waals surface area contributed by atoms with Gasteiger partial charge in [-0.05, 0) is 35.4 Å². The van der Waals surface area contributed by atoms with Crippen molar-refractivity contribution in [2.45, 2.75) is 31.3 Å². The van der Waals surface area contributed by atoms with E-state index in [1.54, 1.807) is 13.1 Å². The number of aromatic nitrogens is 2. The van der Waals surface area contributed by atoms with Gasteiger partial charge in [-0.15, -0.1) is 0 Å². The molecule has 0 bridgehead atoms. The number of alkyl halides is 3. The van der Waals surface area contributed by atoms with E-state index in [9.17, 15) is 23.1 Å². The molecule has 0 fully saturated rings. The SMILES string of the molecule is COc1ccc(-c2nc(C(=O)N(C)[C@H]3c4ccccc4C[C@@H]3O)c(CN)o2)c2ccc(C(F)(F)F)nc12. The molecule has 5 rings (SSSR count). The molecule has 1 aliphatic rings. The summed E-state index contributed by atoms with van der Waals surface area (Å²) in [6.45, 7) is -0.143. The van der Waals surface area contributed by atoms with E-state index in [2.05, 4.69) is 9.97 Å². The molecular formula is C26H23F3N4O4. The first-order valence-corrected chi connectivity index (χ1v) is 11.4.